The van der Waals surface area contributed by atoms with Gasteiger partial charge in [0.15, 0.2) is 0 Å². The van der Waals surface area contributed by atoms with Gasteiger partial charge in [-0.3, -0.25) is 0 Å². The Labute approximate surface area is 76.2 Å². The zero-order valence-corrected chi connectivity index (χ0v) is 7.19. The van der Waals surface area contributed by atoms with Crippen molar-refractivity contribution in [2.45, 2.75) is 12.8 Å². The number of nitriles is 1. The van der Waals surface area contributed by atoms with Gasteiger partial charge in [0.05, 0.1) is 17.6 Å². The van der Waals surface area contributed by atoms with Crippen molar-refractivity contribution in [2.24, 2.45) is 0 Å². The molecule has 1 rings (SSSR count). The number of aromatic carboxylic acids is 1. The fourth-order valence-corrected chi connectivity index (χ4v) is 1.02. The minimum absolute atomic E-state index is 0.222. The van der Waals surface area contributed by atoms with E-state index in [0.29, 0.717) is 0 Å². The summed E-state index contributed by atoms with van der Waals surface area (Å²) in [4.78, 5) is 10.6. The Kier molecular flexibility index (Phi) is 2.65. The molecule has 0 amide bonds. The number of hydrogen-bond donors (Lipinski definition) is 1. The van der Waals surface area contributed by atoms with Crippen LogP contribution in [0.5, 0.6) is 0 Å². The first-order valence-electron chi connectivity index (χ1n) is 3.88. The van der Waals surface area contributed by atoms with Gasteiger partial charge in [0.1, 0.15) is 0 Å². The van der Waals surface area contributed by atoms with Gasteiger partial charge in [-0.25, -0.2) is 4.79 Å². The summed E-state index contributed by atoms with van der Waals surface area (Å²) in [6.45, 7) is 1.74. The standard InChI is InChI=1S/C10H9NO2/c1-7(6-11)8-3-2-4-9(5-8)10(12)13/h2-5,7H,1H3,(H,12,13)/t7-/m1/s1. The van der Waals surface area contributed by atoms with Gasteiger partial charge in [-0.15, -0.1) is 0 Å². The molecule has 3 heteroatoms. The third-order valence-corrected chi connectivity index (χ3v) is 1.83. The van der Waals surface area contributed by atoms with E-state index in [1.165, 1.54) is 12.1 Å². The third kappa shape index (κ3) is 2.06. The number of rotatable bonds is 2. The van der Waals surface area contributed by atoms with Gasteiger partial charge in [0, 0.05) is 0 Å². The topological polar surface area (TPSA) is 61.1 Å². The lowest BCUT2D eigenvalue weighted by atomic mass is 10.0. The van der Waals surface area contributed by atoms with Gasteiger partial charge >= 0.3 is 5.97 Å². The van der Waals surface area contributed by atoms with E-state index in [1.807, 2.05) is 0 Å². The van der Waals surface area contributed by atoms with Crippen molar-refractivity contribution in [3.8, 4) is 6.07 Å². The largest absolute Gasteiger partial charge is 0.478 e. The molecule has 0 radical (unpaired) electrons. The highest BCUT2D eigenvalue weighted by Gasteiger charge is 2.07. The molecule has 0 unspecified atom stereocenters. The van der Waals surface area contributed by atoms with E-state index in [0.717, 1.165) is 5.56 Å². The molecule has 0 fully saturated rings. The van der Waals surface area contributed by atoms with E-state index in [2.05, 4.69) is 6.07 Å². The van der Waals surface area contributed by atoms with Gasteiger partial charge in [0.25, 0.3) is 0 Å². The maximum atomic E-state index is 10.6. The lowest BCUT2D eigenvalue weighted by Gasteiger charge is -2.02. The molecule has 0 bridgehead atoms. The van der Waals surface area contributed by atoms with Crippen LogP contribution in [0.25, 0.3) is 0 Å². The fourth-order valence-electron chi connectivity index (χ4n) is 1.02. The van der Waals surface area contributed by atoms with Crippen LogP contribution in [0, 0.1) is 11.3 Å². The molecule has 0 aromatic heterocycles. The van der Waals surface area contributed by atoms with Crippen LogP contribution in [0.3, 0.4) is 0 Å². The molecule has 0 heterocycles. The summed E-state index contributed by atoms with van der Waals surface area (Å²) in [5.74, 6) is -1.23. The molecule has 0 saturated heterocycles. The molecule has 1 N–H and O–H groups in total. The Hall–Kier alpha value is -1.82. The molecule has 0 saturated carbocycles. The second-order valence-corrected chi connectivity index (χ2v) is 2.78. The van der Waals surface area contributed by atoms with E-state index >= 15 is 0 Å². The quantitative estimate of drug-likeness (QED) is 0.747. The molecule has 3 nitrogen and oxygen atoms in total. The highest BCUT2D eigenvalue weighted by molar-refractivity contribution is 5.87. The lowest BCUT2D eigenvalue weighted by Crippen LogP contribution is -1.98. The number of carbonyl (C=O) groups is 1. The maximum Gasteiger partial charge on any atom is 0.335 e. The van der Waals surface area contributed by atoms with E-state index < -0.39 is 5.97 Å². The fraction of sp³-hybridized carbons (Fsp3) is 0.200. The Morgan fingerprint density at radius 2 is 2.31 bits per heavy atom. The molecule has 0 aliphatic heterocycles. The summed E-state index contributed by atoms with van der Waals surface area (Å²) in [6, 6.07) is 8.48. The van der Waals surface area contributed by atoms with Crippen molar-refractivity contribution in [1.29, 1.82) is 5.26 Å². The van der Waals surface area contributed by atoms with Crippen LogP contribution in [0.2, 0.25) is 0 Å². The highest BCUT2D eigenvalue weighted by Crippen LogP contribution is 2.15. The summed E-state index contributed by atoms with van der Waals surface area (Å²) in [5.41, 5.74) is 0.960. The maximum absolute atomic E-state index is 10.6. The first-order chi connectivity index (χ1) is 6.15. The molecule has 0 aliphatic rings. The average molecular weight is 175 g/mol. The molecule has 0 aliphatic carbocycles. The second kappa shape index (κ2) is 3.72. The normalized spacial score (nSPS) is 11.7. The van der Waals surface area contributed by atoms with Gasteiger partial charge < -0.3 is 5.11 Å². The zero-order chi connectivity index (χ0) is 9.84. The van der Waals surface area contributed by atoms with Crippen molar-refractivity contribution < 1.29 is 9.90 Å². The predicted octanol–water partition coefficient (Wildman–Crippen LogP) is 2.01. The van der Waals surface area contributed by atoms with Gasteiger partial charge in [-0.2, -0.15) is 5.26 Å². The van der Waals surface area contributed by atoms with Crippen molar-refractivity contribution in [1.82, 2.24) is 0 Å². The number of hydrogen-bond acceptors (Lipinski definition) is 2. The van der Waals surface area contributed by atoms with E-state index in [1.54, 1.807) is 19.1 Å². The minimum Gasteiger partial charge on any atom is -0.478 e. The Bertz CT molecular complexity index is 365. The Morgan fingerprint density at radius 3 is 2.85 bits per heavy atom. The van der Waals surface area contributed by atoms with Crippen molar-refractivity contribution in [3.05, 3.63) is 35.4 Å². The van der Waals surface area contributed by atoms with Crippen LogP contribution in [-0.2, 0) is 0 Å². The van der Waals surface area contributed by atoms with Crippen LogP contribution in [0.15, 0.2) is 24.3 Å². The SMILES string of the molecule is C[C@H](C#N)c1cccc(C(=O)O)c1. The summed E-state index contributed by atoms with van der Waals surface area (Å²) in [6.07, 6.45) is 0. The Morgan fingerprint density at radius 1 is 1.62 bits per heavy atom. The molecule has 13 heavy (non-hydrogen) atoms. The Balaban J connectivity index is 3.07. The van der Waals surface area contributed by atoms with E-state index in [-0.39, 0.29) is 11.5 Å². The van der Waals surface area contributed by atoms with Crippen LogP contribution in [0.1, 0.15) is 28.8 Å². The predicted molar refractivity (Wildman–Crippen MR) is 47.4 cm³/mol. The average Bonchev–Trinajstić information content (AvgIpc) is 2.17. The number of carboxylic acids is 1. The first-order valence-corrected chi connectivity index (χ1v) is 3.88. The van der Waals surface area contributed by atoms with E-state index in [4.69, 9.17) is 10.4 Å². The third-order valence-electron chi connectivity index (χ3n) is 1.83. The van der Waals surface area contributed by atoms with Crippen LogP contribution in [0.4, 0.5) is 0 Å². The van der Waals surface area contributed by atoms with Crippen LogP contribution >= 0.6 is 0 Å². The summed E-state index contributed by atoms with van der Waals surface area (Å²) < 4.78 is 0. The molecule has 1 atom stereocenters. The minimum atomic E-state index is -0.966. The van der Waals surface area contributed by atoms with Crippen molar-refractivity contribution >= 4 is 5.97 Å². The highest BCUT2D eigenvalue weighted by atomic mass is 16.4. The molecule has 66 valence electrons. The van der Waals surface area contributed by atoms with Gasteiger partial charge in [-0.05, 0) is 24.6 Å². The summed E-state index contributed by atoms with van der Waals surface area (Å²) in [5, 5.41) is 17.3. The molecular weight excluding hydrogens is 166 g/mol. The van der Waals surface area contributed by atoms with Crippen molar-refractivity contribution in [3.63, 3.8) is 0 Å². The van der Waals surface area contributed by atoms with Crippen molar-refractivity contribution in [2.75, 3.05) is 0 Å². The number of benzene rings is 1. The zero-order valence-electron chi connectivity index (χ0n) is 7.19. The van der Waals surface area contributed by atoms with Gasteiger partial charge in [0.2, 0.25) is 0 Å². The van der Waals surface area contributed by atoms with Crippen LogP contribution < -0.4 is 0 Å². The lowest BCUT2D eigenvalue weighted by molar-refractivity contribution is 0.0697. The molecular formula is C10H9NO2. The van der Waals surface area contributed by atoms with Crippen LogP contribution in [-0.4, -0.2) is 11.1 Å². The number of carboxylic acid groups (broad SMARTS) is 1. The first kappa shape index (κ1) is 9.27. The second-order valence-electron chi connectivity index (χ2n) is 2.78. The van der Waals surface area contributed by atoms with E-state index in [9.17, 15) is 4.79 Å². The van der Waals surface area contributed by atoms with Gasteiger partial charge in [-0.1, -0.05) is 12.1 Å². The molecule has 1 aromatic rings. The monoisotopic (exact) mass is 175 g/mol. The number of nitrogens with zero attached hydrogens (tertiary/aromatic N) is 1. The molecule has 1 aromatic carbocycles. The summed E-state index contributed by atoms with van der Waals surface area (Å²) >= 11 is 0. The smallest absolute Gasteiger partial charge is 0.335 e. The summed E-state index contributed by atoms with van der Waals surface area (Å²) in [7, 11) is 0. The molecule has 0 spiro atoms.